The van der Waals surface area contributed by atoms with Gasteiger partial charge in [-0.2, -0.15) is 0 Å². The van der Waals surface area contributed by atoms with Gasteiger partial charge < -0.3 is 15.2 Å². The van der Waals surface area contributed by atoms with Gasteiger partial charge in [0, 0.05) is 6.54 Å². The van der Waals surface area contributed by atoms with Crippen LogP contribution in [0.2, 0.25) is 0 Å². The van der Waals surface area contributed by atoms with E-state index in [1.165, 1.54) is 11.3 Å². The standard InChI is InChI=1S/C15H18N2O3S/c1-3-14-16-9-13(21-14)15(19)17-8-12(18)10-5-4-6-11(7-10)20-2/h4-7,9,12,18H,3,8H2,1-2H3,(H,17,19). The third kappa shape index (κ3) is 4.03. The highest BCUT2D eigenvalue weighted by Crippen LogP contribution is 2.19. The average molecular weight is 306 g/mol. The molecule has 1 aromatic heterocycles. The van der Waals surface area contributed by atoms with Crippen LogP contribution in [0.4, 0.5) is 0 Å². The van der Waals surface area contributed by atoms with Crippen LogP contribution in [0.25, 0.3) is 0 Å². The molecule has 0 aliphatic rings. The van der Waals surface area contributed by atoms with Crippen LogP contribution >= 0.6 is 11.3 Å². The SMILES string of the molecule is CCc1ncc(C(=O)NCC(O)c2cccc(OC)c2)s1. The zero-order valence-electron chi connectivity index (χ0n) is 12.0. The third-order valence-corrected chi connectivity index (χ3v) is 4.15. The quantitative estimate of drug-likeness (QED) is 0.858. The number of aliphatic hydroxyl groups excluding tert-OH is 1. The molecule has 1 amide bonds. The second kappa shape index (κ2) is 7.19. The van der Waals surface area contributed by atoms with Crippen LogP contribution in [0, 0.1) is 0 Å². The van der Waals surface area contributed by atoms with E-state index in [1.807, 2.05) is 6.92 Å². The maximum absolute atomic E-state index is 12.0. The van der Waals surface area contributed by atoms with Crippen LogP contribution in [0.3, 0.4) is 0 Å². The van der Waals surface area contributed by atoms with Gasteiger partial charge in [0.2, 0.25) is 0 Å². The van der Waals surface area contributed by atoms with Gasteiger partial charge >= 0.3 is 0 Å². The molecule has 0 saturated carbocycles. The van der Waals surface area contributed by atoms with Gasteiger partial charge in [-0.3, -0.25) is 4.79 Å². The summed E-state index contributed by atoms with van der Waals surface area (Å²) in [5.74, 6) is 0.460. The van der Waals surface area contributed by atoms with E-state index in [1.54, 1.807) is 37.6 Å². The summed E-state index contributed by atoms with van der Waals surface area (Å²) in [6.07, 6.45) is 1.60. The Kier molecular flexibility index (Phi) is 5.30. The van der Waals surface area contributed by atoms with Crippen LogP contribution < -0.4 is 10.1 Å². The second-order valence-corrected chi connectivity index (χ2v) is 5.59. The average Bonchev–Trinajstić information content (AvgIpc) is 3.01. The number of nitrogens with one attached hydrogen (secondary N) is 1. The monoisotopic (exact) mass is 306 g/mol. The minimum atomic E-state index is -0.775. The normalized spacial score (nSPS) is 12.0. The zero-order chi connectivity index (χ0) is 15.2. The number of amides is 1. The van der Waals surface area contributed by atoms with Crippen molar-refractivity contribution in [2.75, 3.05) is 13.7 Å². The number of aryl methyl sites for hydroxylation is 1. The van der Waals surface area contributed by atoms with Crippen molar-refractivity contribution in [3.8, 4) is 5.75 Å². The molecule has 1 aromatic carbocycles. The summed E-state index contributed by atoms with van der Waals surface area (Å²) in [7, 11) is 1.57. The predicted octanol–water partition coefficient (Wildman–Crippen LogP) is 2.18. The van der Waals surface area contributed by atoms with Gasteiger partial charge in [-0.25, -0.2) is 4.98 Å². The molecule has 0 aliphatic carbocycles. The molecule has 1 heterocycles. The fourth-order valence-corrected chi connectivity index (χ4v) is 2.60. The van der Waals surface area contributed by atoms with Crippen molar-refractivity contribution in [2.45, 2.75) is 19.4 Å². The van der Waals surface area contributed by atoms with Crippen LogP contribution in [-0.4, -0.2) is 29.7 Å². The van der Waals surface area contributed by atoms with E-state index < -0.39 is 6.10 Å². The Morgan fingerprint density at radius 2 is 2.33 bits per heavy atom. The number of thiazole rings is 1. The van der Waals surface area contributed by atoms with Crippen LogP contribution in [0.15, 0.2) is 30.5 Å². The fraction of sp³-hybridized carbons (Fsp3) is 0.333. The van der Waals surface area contributed by atoms with E-state index in [-0.39, 0.29) is 12.5 Å². The lowest BCUT2D eigenvalue weighted by molar-refractivity contribution is 0.0920. The molecular formula is C15H18N2O3S. The van der Waals surface area contributed by atoms with Crippen molar-refractivity contribution in [3.05, 3.63) is 45.9 Å². The van der Waals surface area contributed by atoms with Crippen molar-refractivity contribution in [2.24, 2.45) is 0 Å². The Balaban J connectivity index is 1.93. The minimum absolute atomic E-state index is 0.144. The van der Waals surface area contributed by atoms with Crippen molar-refractivity contribution < 1.29 is 14.6 Å². The lowest BCUT2D eigenvalue weighted by atomic mass is 10.1. The molecule has 0 bridgehead atoms. The highest BCUT2D eigenvalue weighted by Gasteiger charge is 2.13. The first kappa shape index (κ1) is 15.5. The summed E-state index contributed by atoms with van der Waals surface area (Å²) in [5.41, 5.74) is 0.702. The summed E-state index contributed by atoms with van der Waals surface area (Å²) in [6, 6.07) is 7.15. The molecular weight excluding hydrogens is 288 g/mol. The number of methoxy groups -OCH3 is 1. The van der Waals surface area contributed by atoms with Gasteiger partial charge in [-0.1, -0.05) is 19.1 Å². The maximum Gasteiger partial charge on any atom is 0.263 e. The number of carbonyl (C=O) groups excluding carboxylic acids is 1. The van der Waals surface area contributed by atoms with Gasteiger partial charge in [0.25, 0.3) is 5.91 Å². The predicted molar refractivity (Wildman–Crippen MR) is 81.8 cm³/mol. The van der Waals surface area contributed by atoms with Gasteiger partial charge in [-0.05, 0) is 24.1 Å². The molecule has 1 atom stereocenters. The molecule has 0 spiro atoms. The Morgan fingerprint density at radius 3 is 3.00 bits per heavy atom. The van der Waals surface area contributed by atoms with E-state index in [9.17, 15) is 9.90 Å². The smallest absolute Gasteiger partial charge is 0.263 e. The van der Waals surface area contributed by atoms with Gasteiger partial charge in [0.05, 0.1) is 24.4 Å². The molecule has 2 N–H and O–H groups in total. The largest absolute Gasteiger partial charge is 0.497 e. The first-order valence-corrected chi connectivity index (χ1v) is 7.50. The second-order valence-electron chi connectivity index (χ2n) is 4.47. The topological polar surface area (TPSA) is 71.5 Å². The number of benzene rings is 1. The van der Waals surface area contributed by atoms with E-state index in [0.717, 1.165) is 11.4 Å². The maximum atomic E-state index is 12.0. The highest BCUT2D eigenvalue weighted by atomic mass is 32.1. The number of ether oxygens (including phenoxy) is 1. The van der Waals surface area contributed by atoms with E-state index >= 15 is 0 Å². The van der Waals surface area contributed by atoms with Crippen molar-refractivity contribution in [1.29, 1.82) is 0 Å². The zero-order valence-corrected chi connectivity index (χ0v) is 12.8. The molecule has 0 radical (unpaired) electrons. The molecule has 2 aromatic rings. The number of carbonyl (C=O) groups is 1. The molecule has 21 heavy (non-hydrogen) atoms. The Labute approximate surface area is 127 Å². The minimum Gasteiger partial charge on any atom is -0.497 e. The third-order valence-electron chi connectivity index (χ3n) is 3.01. The number of nitrogens with zero attached hydrogens (tertiary/aromatic N) is 1. The van der Waals surface area contributed by atoms with E-state index in [4.69, 9.17) is 4.74 Å². The van der Waals surface area contributed by atoms with Gasteiger partial charge in [0.1, 0.15) is 10.6 Å². The van der Waals surface area contributed by atoms with Gasteiger partial charge in [0.15, 0.2) is 0 Å². The molecule has 0 saturated heterocycles. The summed E-state index contributed by atoms with van der Waals surface area (Å²) in [5, 5.41) is 13.7. The first-order valence-electron chi connectivity index (χ1n) is 6.69. The number of rotatable bonds is 6. The van der Waals surface area contributed by atoms with Crippen molar-refractivity contribution in [1.82, 2.24) is 10.3 Å². The number of aromatic nitrogens is 1. The van der Waals surface area contributed by atoms with Crippen LogP contribution in [-0.2, 0) is 6.42 Å². The van der Waals surface area contributed by atoms with Crippen LogP contribution in [0.5, 0.6) is 5.75 Å². The summed E-state index contributed by atoms with van der Waals surface area (Å²) in [6.45, 7) is 2.14. The van der Waals surface area contributed by atoms with Gasteiger partial charge in [-0.15, -0.1) is 11.3 Å². The van der Waals surface area contributed by atoms with E-state index in [0.29, 0.717) is 16.2 Å². The summed E-state index contributed by atoms with van der Waals surface area (Å²) < 4.78 is 5.11. The number of hydrogen-bond donors (Lipinski definition) is 2. The molecule has 1 unspecified atom stereocenters. The van der Waals surface area contributed by atoms with Crippen molar-refractivity contribution >= 4 is 17.2 Å². The fourth-order valence-electron chi connectivity index (χ4n) is 1.82. The highest BCUT2D eigenvalue weighted by molar-refractivity contribution is 7.13. The summed E-state index contributed by atoms with van der Waals surface area (Å²) >= 11 is 1.37. The molecule has 112 valence electrons. The summed E-state index contributed by atoms with van der Waals surface area (Å²) in [4.78, 5) is 16.7. The molecule has 0 fully saturated rings. The number of hydrogen-bond acceptors (Lipinski definition) is 5. The Morgan fingerprint density at radius 1 is 1.52 bits per heavy atom. The molecule has 2 rings (SSSR count). The molecule has 6 heteroatoms. The first-order chi connectivity index (χ1) is 10.1. The number of aliphatic hydroxyl groups is 1. The lowest BCUT2D eigenvalue weighted by Gasteiger charge is -2.12. The van der Waals surface area contributed by atoms with E-state index in [2.05, 4.69) is 10.3 Å². The van der Waals surface area contributed by atoms with Crippen molar-refractivity contribution in [3.63, 3.8) is 0 Å². The molecule has 5 nitrogen and oxygen atoms in total. The van der Waals surface area contributed by atoms with Crippen LogP contribution in [0.1, 0.15) is 33.3 Å². The molecule has 0 aliphatic heterocycles. The lowest BCUT2D eigenvalue weighted by Crippen LogP contribution is -2.27. The Hall–Kier alpha value is -1.92. The Bertz CT molecular complexity index is 612.